The summed E-state index contributed by atoms with van der Waals surface area (Å²) in [4.78, 5) is 27.0. The number of hydrogen-bond donors (Lipinski definition) is 2. The summed E-state index contributed by atoms with van der Waals surface area (Å²) >= 11 is 0. The lowest BCUT2D eigenvalue weighted by Crippen LogP contribution is -2.29. The molecule has 1 saturated carbocycles. The van der Waals surface area contributed by atoms with Gasteiger partial charge in [0.25, 0.3) is 11.5 Å². The van der Waals surface area contributed by atoms with Crippen molar-refractivity contribution in [1.82, 2.24) is 15.5 Å². The maximum Gasteiger partial charge on any atom is 0.261 e. The van der Waals surface area contributed by atoms with Gasteiger partial charge in [0, 0.05) is 17.8 Å². The van der Waals surface area contributed by atoms with Crippen molar-refractivity contribution in [2.75, 3.05) is 0 Å². The molecule has 1 aliphatic carbocycles. The van der Waals surface area contributed by atoms with Gasteiger partial charge in [-0.05, 0) is 44.2 Å². The van der Waals surface area contributed by atoms with E-state index < -0.39 is 0 Å². The van der Waals surface area contributed by atoms with E-state index in [0.29, 0.717) is 18.2 Å². The van der Waals surface area contributed by atoms with Crippen LogP contribution in [0.2, 0.25) is 0 Å². The highest BCUT2D eigenvalue weighted by Gasteiger charge is 2.25. The maximum absolute atomic E-state index is 12.2. The van der Waals surface area contributed by atoms with Gasteiger partial charge in [-0.3, -0.25) is 9.59 Å². The molecular weight excluding hydrogens is 282 g/mol. The summed E-state index contributed by atoms with van der Waals surface area (Å²) in [7, 11) is 0. The van der Waals surface area contributed by atoms with Gasteiger partial charge in [-0.2, -0.15) is 0 Å². The molecule has 0 aliphatic heterocycles. The zero-order chi connectivity index (χ0) is 15.7. The molecule has 1 aliphatic rings. The fraction of sp³-hybridized carbons (Fsp3) is 0.438. The Kier molecular flexibility index (Phi) is 3.83. The first-order chi connectivity index (χ1) is 10.6. The van der Waals surface area contributed by atoms with Crippen LogP contribution in [0.5, 0.6) is 0 Å². The van der Waals surface area contributed by atoms with Crippen molar-refractivity contribution in [3.63, 3.8) is 0 Å². The Morgan fingerprint density at radius 3 is 2.86 bits per heavy atom. The van der Waals surface area contributed by atoms with E-state index in [4.69, 9.17) is 4.52 Å². The van der Waals surface area contributed by atoms with Crippen molar-refractivity contribution in [1.29, 1.82) is 0 Å². The van der Waals surface area contributed by atoms with E-state index in [2.05, 4.69) is 15.5 Å². The molecule has 0 radical (unpaired) electrons. The number of aromatic amines is 1. The van der Waals surface area contributed by atoms with Crippen molar-refractivity contribution < 1.29 is 9.32 Å². The fourth-order valence-electron chi connectivity index (χ4n) is 2.51. The average Bonchev–Trinajstić information content (AvgIpc) is 3.29. The van der Waals surface area contributed by atoms with Gasteiger partial charge in [-0.15, -0.1) is 0 Å². The summed E-state index contributed by atoms with van der Waals surface area (Å²) in [5.41, 5.74) is 2.43. The van der Waals surface area contributed by atoms with Gasteiger partial charge in [0.1, 0.15) is 11.3 Å². The Morgan fingerprint density at radius 2 is 2.23 bits per heavy atom. The van der Waals surface area contributed by atoms with Crippen LogP contribution in [0.25, 0.3) is 0 Å². The Bertz CT molecular complexity index is 756. The highest BCUT2D eigenvalue weighted by molar-refractivity contribution is 5.93. The third-order valence-corrected chi connectivity index (χ3v) is 4.02. The lowest BCUT2D eigenvalue weighted by Gasteiger charge is -2.06. The number of H-pyrrole nitrogens is 1. The van der Waals surface area contributed by atoms with E-state index >= 15 is 0 Å². The van der Waals surface area contributed by atoms with Crippen molar-refractivity contribution in [3.05, 3.63) is 50.8 Å². The monoisotopic (exact) mass is 301 g/mol. The average molecular weight is 301 g/mol. The number of carbonyl (C=O) groups excluding carboxylic acids is 1. The molecule has 0 atom stereocenters. The Morgan fingerprint density at radius 1 is 1.45 bits per heavy atom. The summed E-state index contributed by atoms with van der Waals surface area (Å²) in [5.74, 6) is 0.762. The highest BCUT2D eigenvalue weighted by Crippen LogP contribution is 2.38. The Balaban J connectivity index is 1.72. The minimum atomic E-state index is -0.383. The van der Waals surface area contributed by atoms with Crippen LogP contribution in [0.3, 0.4) is 0 Å². The number of hydrogen-bond acceptors (Lipinski definition) is 4. The molecule has 2 aromatic rings. The van der Waals surface area contributed by atoms with Gasteiger partial charge in [0.05, 0.1) is 5.69 Å². The quantitative estimate of drug-likeness (QED) is 0.884. The standard InChI is InChI=1S/C16H19N3O3/c1-3-13-12(9(2)22-19-13)8-17-15(20)11-6-7-14(10-4-5-10)18-16(11)21/h6-7,10H,3-5,8H2,1-2H3,(H,17,20)(H,18,21). The predicted octanol–water partition coefficient (Wildman–Crippen LogP) is 2.04. The normalized spacial score (nSPS) is 14.1. The molecule has 0 unspecified atom stereocenters. The van der Waals surface area contributed by atoms with E-state index in [1.165, 1.54) is 0 Å². The summed E-state index contributed by atoms with van der Waals surface area (Å²) in [6.07, 6.45) is 2.95. The first-order valence-electron chi connectivity index (χ1n) is 7.55. The van der Waals surface area contributed by atoms with Crippen molar-refractivity contribution >= 4 is 5.91 Å². The third-order valence-electron chi connectivity index (χ3n) is 4.02. The van der Waals surface area contributed by atoms with E-state index in [-0.39, 0.29) is 17.0 Å². The lowest BCUT2D eigenvalue weighted by atomic mass is 10.1. The van der Waals surface area contributed by atoms with Crippen LogP contribution in [-0.4, -0.2) is 16.0 Å². The first-order valence-corrected chi connectivity index (χ1v) is 7.55. The molecule has 3 rings (SSSR count). The van der Waals surface area contributed by atoms with Crippen molar-refractivity contribution in [3.8, 4) is 0 Å². The van der Waals surface area contributed by atoms with Crippen molar-refractivity contribution in [2.24, 2.45) is 0 Å². The molecular formula is C16H19N3O3. The van der Waals surface area contributed by atoms with Gasteiger partial charge in [0.2, 0.25) is 0 Å². The second-order valence-corrected chi connectivity index (χ2v) is 5.63. The van der Waals surface area contributed by atoms with Gasteiger partial charge in [-0.1, -0.05) is 12.1 Å². The molecule has 0 bridgehead atoms. The molecule has 0 aromatic carbocycles. The van der Waals surface area contributed by atoms with Crippen LogP contribution >= 0.6 is 0 Å². The van der Waals surface area contributed by atoms with Crippen LogP contribution in [-0.2, 0) is 13.0 Å². The van der Waals surface area contributed by atoms with E-state index in [1.807, 2.05) is 19.9 Å². The number of nitrogens with one attached hydrogen (secondary N) is 2. The minimum Gasteiger partial charge on any atom is -0.361 e. The molecule has 116 valence electrons. The predicted molar refractivity (Wildman–Crippen MR) is 80.8 cm³/mol. The summed E-state index contributed by atoms with van der Waals surface area (Å²) in [6, 6.07) is 3.43. The fourth-order valence-corrected chi connectivity index (χ4v) is 2.51. The molecule has 0 saturated heterocycles. The molecule has 2 N–H and O–H groups in total. The Hall–Kier alpha value is -2.37. The van der Waals surface area contributed by atoms with Crippen molar-refractivity contribution in [2.45, 2.75) is 45.6 Å². The number of aryl methyl sites for hydroxylation is 2. The van der Waals surface area contributed by atoms with Crippen LogP contribution in [0.15, 0.2) is 21.5 Å². The highest BCUT2D eigenvalue weighted by atomic mass is 16.5. The summed E-state index contributed by atoms with van der Waals surface area (Å²) in [6.45, 7) is 4.09. The van der Waals surface area contributed by atoms with E-state index in [9.17, 15) is 9.59 Å². The SMILES string of the molecule is CCc1noc(C)c1CNC(=O)c1ccc(C2CC2)[nH]c1=O. The zero-order valence-corrected chi connectivity index (χ0v) is 12.7. The van der Waals surface area contributed by atoms with Crippen LogP contribution < -0.4 is 10.9 Å². The first kappa shape index (κ1) is 14.6. The van der Waals surface area contributed by atoms with Gasteiger partial charge in [-0.25, -0.2) is 0 Å². The molecule has 1 amide bonds. The molecule has 2 aromatic heterocycles. The topological polar surface area (TPSA) is 88.0 Å². The van der Waals surface area contributed by atoms with E-state index in [1.54, 1.807) is 6.07 Å². The van der Waals surface area contributed by atoms with Crippen LogP contribution in [0.4, 0.5) is 0 Å². The number of aromatic nitrogens is 2. The molecule has 0 spiro atoms. The smallest absolute Gasteiger partial charge is 0.261 e. The zero-order valence-electron chi connectivity index (χ0n) is 12.7. The van der Waals surface area contributed by atoms with Crippen LogP contribution in [0.1, 0.15) is 58.8 Å². The third kappa shape index (κ3) is 2.81. The maximum atomic E-state index is 12.2. The largest absolute Gasteiger partial charge is 0.361 e. The number of amides is 1. The number of carbonyl (C=O) groups is 1. The number of nitrogens with zero attached hydrogens (tertiary/aromatic N) is 1. The van der Waals surface area contributed by atoms with Crippen LogP contribution in [0, 0.1) is 6.92 Å². The second kappa shape index (κ2) is 5.79. The summed E-state index contributed by atoms with van der Waals surface area (Å²) in [5, 5.41) is 6.71. The molecule has 1 fully saturated rings. The number of pyridine rings is 1. The Labute approximate surface area is 127 Å². The van der Waals surface area contributed by atoms with Gasteiger partial charge < -0.3 is 14.8 Å². The molecule has 2 heterocycles. The second-order valence-electron chi connectivity index (χ2n) is 5.63. The number of rotatable bonds is 5. The molecule has 22 heavy (non-hydrogen) atoms. The molecule has 6 heteroatoms. The summed E-state index contributed by atoms with van der Waals surface area (Å²) < 4.78 is 5.13. The van der Waals surface area contributed by atoms with Gasteiger partial charge >= 0.3 is 0 Å². The minimum absolute atomic E-state index is 0.136. The van der Waals surface area contributed by atoms with Gasteiger partial charge in [0.15, 0.2) is 0 Å². The van der Waals surface area contributed by atoms with E-state index in [0.717, 1.165) is 36.2 Å². The molecule has 6 nitrogen and oxygen atoms in total. The lowest BCUT2D eigenvalue weighted by molar-refractivity contribution is 0.0949.